The molecule has 0 saturated carbocycles. The molecule has 3 heteroatoms. The number of benzene rings is 1. The average Bonchev–Trinajstić information content (AvgIpc) is 2.26. The number of hydrogen-bond donors (Lipinski definition) is 2. The molecule has 2 atom stereocenters. The second-order valence-corrected chi connectivity index (χ2v) is 4.82. The number of anilines is 2. The Kier molecular flexibility index (Phi) is 3.06. The lowest BCUT2D eigenvalue weighted by atomic mass is 9.95. The number of hydrogen-bond acceptors (Lipinski definition) is 3. The molecule has 0 amide bonds. The molecule has 0 aliphatic carbocycles. The second-order valence-electron chi connectivity index (χ2n) is 4.82. The van der Waals surface area contributed by atoms with Crippen molar-refractivity contribution >= 4 is 11.4 Å². The molecule has 3 nitrogen and oxygen atoms in total. The predicted octanol–water partition coefficient (Wildman–Crippen LogP) is 1.78. The predicted molar refractivity (Wildman–Crippen MR) is 67.6 cm³/mol. The summed E-state index contributed by atoms with van der Waals surface area (Å²) in [5, 5.41) is 9.87. The molecule has 1 aliphatic heterocycles. The van der Waals surface area contributed by atoms with Gasteiger partial charge in [-0.2, -0.15) is 0 Å². The van der Waals surface area contributed by atoms with Gasteiger partial charge in [-0.3, -0.25) is 0 Å². The minimum atomic E-state index is -0.216. The highest BCUT2D eigenvalue weighted by atomic mass is 16.3. The van der Waals surface area contributed by atoms with Crippen molar-refractivity contribution in [2.75, 3.05) is 23.7 Å². The van der Waals surface area contributed by atoms with Crippen LogP contribution < -0.4 is 10.6 Å². The van der Waals surface area contributed by atoms with Gasteiger partial charge in [0.25, 0.3) is 0 Å². The van der Waals surface area contributed by atoms with Gasteiger partial charge in [0.2, 0.25) is 0 Å². The van der Waals surface area contributed by atoms with Gasteiger partial charge >= 0.3 is 0 Å². The zero-order valence-electron chi connectivity index (χ0n) is 9.98. The van der Waals surface area contributed by atoms with E-state index in [2.05, 4.69) is 17.9 Å². The third kappa shape index (κ3) is 2.14. The van der Waals surface area contributed by atoms with Gasteiger partial charge in [-0.05, 0) is 43.0 Å². The van der Waals surface area contributed by atoms with E-state index in [1.807, 2.05) is 19.1 Å². The van der Waals surface area contributed by atoms with E-state index in [1.165, 1.54) is 0 Å². The first-order valence-electron chi connectivity index (χ1n) is 5.87. The monoisotopic (exact) mass is 220 g/mol. The zero-order chi connectivity index (χ0) is 11.7. The van der Waals surface area contributed by atoms with E-state index in [0.717, 1.165) is 36.4 Å². The van der Waals surface area contributed by atoms with Crippen LogP contribution in [0.2, 0.25) is 0 Å². The van der Waals surface area contributed by atoms with Crippen LogP contribution in [0.4, 0.5) is 11.4 Å². The van der Waals surface area contributed by atoms with E-state index < -0.39 is 0 Å². The van der Waals surface area contributed by atoms with Crippen LogP contribution in [0.25, 0.3) is 0 Å². The van der Waals surface area contributed by atoms with Crippen molar-refractivity contribution in [3.8, 4) is 0 Å². The number of aryl methyl sites for hydroxylation is 1. The topological polar surface area (TPSA) is 49.5 Å². The minimum absolute atomic E-state index is 0.216. The molecule has 2 rings (SSSR count). The summed E-state index contributed by atoms with van der Waals surface area (Å²) in [7, 11) is 0. The summed E-state index contributed by atoms with van der Waals surface area (Å²) in [6.07, 6.45) is 0.830. The van der Waals surface area contributed by atoms with E-state index in [9.17, 15) is 5.11 Å². The summed E-state index contributed by atoms with van der Waals surface area (Å²) in [4.78, 5) is 2.23. The molecule has 1 fully saturated rings. The summed E-state index contributed by atoms with van der Waals surface area (Å²) in [6, 6.07) is 6.07. The Morgan fingerprint density at radius 3 is 2.81 bits per heavy atom. The Morgan fingerprint density at radius 1 is 1.44 bits per heavy atom. The molecule has 2 unspecified atom stereocenters. The normalized spacial score (nSPS) is 25.8. The molecule has 1 saturated heterocycles. The molecular formula is C13H20N2O. The van der Waals surface area contributed by atoms with Crippen LogP contribution in [0.5, 0.6) is 0 Å². The van der Waals surface area contributed by atoms with Crippen LogP contribution in [0.1, 0.15) is 18.9 Å². The molecule has 0 aromatic heterocycles. The number of β-amino-alcohol motifs (C(OH)–C–C–N with tert-alkyl or cyclic N) is 1. The van der Waals surface area contributed by atoms with Crippen LogP contribution in [-0.2, 0) is 0 Å². The fourth-order valence-corrected chi connectivity index (χ4v) is 2.14. The fourth-order valence-electron chi connectivity index (χ4n) is 2.14. The first kappa shape index (κ1) is 11.3. The SMILES string of the molecule is Cc1cc(N2CCC(C)C(O)C2)ccc1N. The Balaban J connectivity index is 2.15. The highest BCUT2D eigenvalue weighted by molar-refractivity contribution is 5.58. The fraction of sp³-hybridized carbons (Fsp3) is 0.538. The number of nitrogen functional groups attached to an aromatic ring is 1. The Hall–Kier alpha value is -1.22. The van der Waals surface area contributed by atoms with Crippen LogP contribution in [0.3, 0.4) is 0 Å². The lowest BCUT2D eigenvalue weighted by molar-refractivity contribution is 0.103. The third-order valence-electron chi connectivity index (χ3n) is 3.54. The lowest BCUT2D eigenvalue weighted by Gasteiger charge is -2.36. The molecule has 16 heavy (non-hydrogen) atoms. The first-order chi connectivity index (χ1) is 7.58. The average molecular weight is 220 g/mol. The maximum absolute atomic E-state index is 9.87. The van der Waals surface area contributed by atoms with Crippen molar-refractivity contribution in [3.05, 3.63) is 23.8 Å². The largest absolute Gasteiger partial charge is 0.399 e. The maximum atomic E-state index is 9.87. The molecule has 88 valence electrons. The van der Waals surface area contributed by atoms with Gasteiger partial charge in [0.1, 0.15) is 0 Å². The van der Waals surface area contributed by atoms with E-state index in [4.69, 9.17) is 5.73 Å². The van der Waals surface area contributed by atoms with Gasteiger partial charge in [0, 0.05) is 24.5 Å². The lowest BCUT2D eigenvalue weighted by Crippen LogP contribution is -2.42. The Labute approximate surface area is 96.9 Å². The standard InChI is InChI=1S/C13H20N2O/c1-9-5-6-15(8-13(9)16)11-3-4-12(14)10(2)7-11/h3-4,7,9,13,16H,5-6,8,14H2,1-2H3. The van der Waals surface area contributed by atoms with Gasteiger partial charge < -0.3 is 15.7 Å². The molecule has 1 aliphatic rings. The number of aliphatic hydroxyl groups excluding tert-OH is 1. The molecule has 1 aromatic rings. The Bertz CT molecular complexity index is 378. The Morgan fingerprint density at radius 2 is 2.19 bits per heavy atom. The van der Waals surface area contributed by atoms with Crippen molar-refractivity contribution in [2.24, 2.45) is 5.92 Å². The molecule has 1 heterocycles. The zero-order valence-corrected chi connectivity index (χ0v) is 9.98. The summed E-state index contributed by atoms with van der Waals surface area (Å²) in [5.74, 6) is 0.408. The summed E-state index contributed by atoms with van der Waals surface area (Å²) in [6.45, 7) is 5.87. The first-order valence-corrected chi connectivity index (χ1v) is 5.87. The van der Waals surface area contributed by atoms with E-state index >= 15 is 0 Å². The van der Waals surface area contributed by atoms with E-state index in [0.29, 0.717) is 5.92 Å². The molecular weight excluding hydrogens is 200 g/mol. The minimum Gasteiger partial charge on any atom is -0.399 e. The maximum Gasteiger partial charge on any atom is 0.0741 e. The highest BCUT2D eigenvalue weighted by Crippen LogP contribution is 2.25. The van der Waals surface area contributed by atoms with Gasteiger partial charge in [0.05, 0.1) is 6.10 Å². The molecule has 0 spiro atoms. The number of nitrogens with two attached hydrogens (primary N) is 1. The molecule has 0 radical (unpaired) electrons. The molecule has 1 aromatic carbocycles. The van der Waals surface area contributed by atoms with Crippen LogP contribution in [0, 0.1) is 12.8 Å². The summed E-state index contributed by atoms with van der Waals surface area (Å²) < 4.78 is 0. The number of rotatable bonds is 1. The van der Waals surface area contributed by atoms with E-state index in [-0.39, 0.29) is 6.10 Å². The van der Waals surface area contributed by atoms with Gasteiger partial charge in [-0.15, -0.1) is 0 Å². The smallest absolute Gasteiger partial charge is 0.0741 e. The third-order valence-corrected chi connectivity index (χ3v) is 3.54. The van der Waals surface area contributed by atoms with Crippen molar-refractivity contribution in [3.63, 3.8) is 0 Å². The second kappa shape index (κ2) is 4.34. The van der Waals surface area contributed by atoms with Crippen molar-refractivity contribution in [1.82, 2.24) is 0 Å². The molecule has 0 bridgehead atoms. The van der Waals surface area contributed by atoms with E-state index in [1.54, 1.807) is 0 Å². The van der Waals surface area contributed by atoms with Crippen LogP contribution in [0.15, 0.2) is 18.2 Å². The van der Waals surface area contributed by atoms with Crippen LogP contribution in [-0.4, -0.2) is 24.3 Å². The van der Waals surface area contributed by atoms with Gasteiger partial charge in [-0.25, -0.2) is 0 Å². The van der Waals surface area contributed by atoms with Crippen molar-refractivity contribution in [2.45, 2.75) is 26.4 Å². The highest BCUT2D eigenvalue weighted by Gasteiger charge is 2.24. The van der Waals surface area contributed by atoms with Crippen molar-refractivity contribution in [1.29, 1.82) is 0 Å². The summed E-state index contributed by atoms with van der Waals surface area (Å²) in [5.41, 5.74) is 8.90. The number of piperidine rings is 1. The van der Waals surface area contributed by atoms with Crippen molar-refractivity contribution < 1.29 is 5.11 Å². The summed E-state index contributed by atoms with van der Waals surface area (Å²) >= 11 is 0. The molecule has 3 N–H and O–H groups in total. The number of aliphatic hydroxyl groups is 1. The van der Waals surface area contributed by atoms with Gasteiger partial charge in [-0.1, -0.05) is 6.92 Å². The van der Waals surface area contributed by atoms with Gasteiger partial charge in [0.15, 0.2) is 0 Å². The number of nitrogens with zero attached hydrogens (tertiary/aromatic N) is 1. The quantitative estimate of drug-likeness (QED) is 0.709. The van der Waals surface area contributed by atoms with Crippen LogP contribution >= 0.6 is 0 Å².